The molecule has 0 radical (unpaired) electrons. The second-order valence-electron chi connectivity index (χ2n) is 5.12. The van der Waals surface area contributed by atoms with Crippen LogP contribution in [0, 0.1) is 0 Å². The molecule has 0 unspecified atom stereocenters. The predicted octanol–water partition coefficient (Wildman–Crippen LogP) is 3.07. The Morgan fingerprint density at radius 1 is 1.43 bits per heavy atom. The van der Waals surface area contributed by atoms with Crippen molar-refractivity contribution < 1.29 is 9.00 Å². The van der Waals surface area contributed by atoms with Gasteiger partial charge >= 0.3 is 0 Å². The van der Waals surface area contributed by atoms with E-state index in [0.717, 1.165) is 0 Å². The minimum atomic E-state index is -0.888. The average Bonchev–Trinajstić information content (AvgIpc) is 2.96. The highest BCUT2D eigenvalue weighted by molar-refractivity contribution is 7.84. The first-order valence-corrected chi connectivity index (χ1v) is 9.36. The Balaban J connectivity index is 2.01. The Morgan fingerprint density at radius 3 is 2.83 bits per heavy atom. The van der Waals surface area contributed by atoms with Gasteiger partial charge in [-0.2, -0.15) is 5.10 Å². The summed E-state index contributed by atoms with van der Waals surface area (Å²) in [6.07, 6.45) is 5.39. The molecular weight excluding hydrogens is 357 g/mol. The lowest BCUT2D eigenvalue weighted by Gasteiger charge is -2.08. The van der Waals surface area contributed by atoms with Gasteiger partial charge < -0.3 is 5.32 Å². The van der Waals surface area contributed by atoms with Gasteiger partial charge in [0.05, 0.1) is 22.5 Å². The summed E-state index contributed by atoms with van der Waals surface area (Å²) < 4.78 is 12.8. The minimum absolute atomic E-state index is 0.0471. The van der Waals surface area contributed by atoms with Gasteiger partial charge in [0.2, 0.25) is 0 Å². The first kappa shape index (κ1) is 18.0. The van der Waals surface area contributed by atoms with E-state index in [1.807, 2.05) is 6.92 Å². The molecule has 0 aliphatic rings. The summed E-state index contributed by atoms with van der Waals surface area (Å²) in [5, 5.41) is 7.97. The van der Waals surface area contributed by atoms with E-state index >= 15 is 0 Å². The molecule has 2 rings (SSSR count). The number of halogens is 2. The van der Waals surface area contributed by atoms with Gasteiger partial charge in [-0.15, -0.1) is 0 Å². The van der Waals surface area contributed by atoms with Gasteiger partial charge in [0.1, 0.15) is 0 Å². The second-order valence-corrected chi connectivity index (χ2v) is 7.77. The van der Waals surface area contributed by atoms with E-state index in [-0.39, 0.29) is 11.2 Å². The lowest BCUT2D eigenvalue weighted by atomic mass is 10.3. The van der Waals surface area contributed by atoms with Crippen LogP contribution in [-0.2, 0) is 10.8 Å². The SMILES string of the molecule is C[C@@H](CCNC(=O)c1cnn(-c2ccc(Cl)cc2Cl)c1)[S@](C)=O. The van der Waals surface area contributed by atoms with E-state index < -0.39 is 10.8 Å². The summed E-state index contributed by atoms with van der Waals surface area (Å²) in [7, 11) is -0.888. The summed E-state index contributed by atoms with van der Waals surface area (Å²) in [5.74, 6) is -0.226. The summed E-state index contributed by atoms with van der Waals surface area (Å²) in [4.78, 5) is 12.1. The zero-order valence-corrected chi connectivity index (χ0v) is 15.1. The highest BCUT2D eigenvalue weighted by Crippen LogP contribution is 2.24. The highest BCUT2D eigenvalue weighted by Gasteiger charge is 2.12. The van der Waals surface area contributed by atoms with Gasteiger partial charge in [-0.25, -0.2) is 4.68 Å². The van der Waals surface area contributed by atoms with Crippen LogP contribution >= 0.6 is 23.2 Å². The lowest BCUT2D eigenvalue weighted by molar-refractivity contribution is 0.0953. The van der Waals surface area contributed by atoms with E-state index in [9.17, 15) is 9.00 Å². The van der Waals surface area contributed by atoms with Crippen LogP contribution in [-0.4, -0.2) is 37.9 Å². The van der Waals surface area contributed by atoms with E-state index in [4.69, 9.17) is 23.2 Å². The number of hydrogen-bond donors (Lipinski definition) is 1. The molecule has 0 spiro atoms. The Hall–Kier alpha value is -1.37. The van der Waals surface area contributed by atoms with Crippen LogP contribution in [0.25, 0.3) is 5.69 Å². The Kier molecular flexibility index (Phi) is 6.21. The predicted molar refractivity (Wildman–Crippen MR) is 94.1 cm³/mol. The van der Waals surface area contributed by atoms with Crippen molar-refractivity contribution in [2.24, 2.45) is 0 Å². The fraction of sp³-hybridized carbons (Fsp3) is 0.333. The molecule has 0 fully saturated rings. The molecule has 0 saturated carbocycles. The van der Waals surface area contributed by atoms with Crippen molar-refractivity contribution in [1.82, 2.24) is 15.1 Å². The third-order valence-corrected chi connectivity index (χ3v) is 5.31. The number of nitrogens with zero attached hydrogens (tertiary/aromatic N) is 2. The number of carbonyl (C=O) groups excluding carboxylic acids is 1. The molecule has 1 N–H and O–H groups in total. The van der Waals surface area contributed by atoms with Crippen LogP contribution in [0.3, 0.4) is 0 Å². The van der Waals surface area contributed by atoms with Gasteiger partial charge in [-0.05, 0) is 24.6 Å². The lowest BCUT2D eigenvalue weighted by Crippen LogP contribution is -2.27. The van der Waals surface area contributed by atoms with Crippen LogP contribution in [0.15, 0.2) is 30.6 Å². The first-order chi connectivity index (χ1) is 10.9. The van der Waals surface area contributed by atoms with E-state index in [1.54, 1.807) is 30.7 Å². The largest absolute Gasteiger partial charge is 0.352 e. The Morgan fingerprint density at radius 2 is 2.17 bits per heavy atom. The molecule has 2 atom stereocenters. The van der Waals surface area contributed by atoms with Crippen LogP contribution in [0.2, 0.25) is 10.0 Å². The third-order valence-electron chi connectivity index (χ3n) is 3.40. The van der Waals surface area contributed by atoms with Gasteiger partial charge in [0, 0.05) is 40.1 Å². The minimum Gasteiger partial charge on any atom is -0.352 e. The molecule has 0 aliphatic carbocycles. The van der Waals surface area contributed by atoms with Crippen molar-refractivity contribution in [2.75, 3.05) is 12.8 Å². The third kappa shape index (κ3) is 4.80. The topological polar surface area (TPSA) is 64.0 Å². The normalized spacial score (nSPS) is 13.6. The molecule has 1 aromatic heterocycles. The summed E-state index contributed by atoms with van der Waals surface area (Å²) >= 11 is 12.0. The molecule has 1 heterocycles. The van der Waals surface area contributed by atoms with Gasteiger partial charge in [-0.3, -0.25) is 9.00 Å². The van der Waals surface area contributed by atoms with Gasteiger partial charge in [0.15, 0.2) is 0 Å². The van der Waals surface area contributed by atoms with Crippen molar-refractivity contribution in [1.29, 1.82) is 0 Å². The zero-order chi connectivity index (χ0) is 17.0. The van der Waals surface area contributed by atoms with Crippen molar-refractivity contribution in [2.45, 2.75) is 18.6 Å². The molecule has 0 aliphatic heterocycles. The number of rotatable bonds is 6. The van der Waals surface area contributed by atoms with Crippen LogP contribution < -0.4 is 5.32 Å². The molecule has 5 nitrogen and oxygen atoms in total. The molecule has 23 heavy (non-hydrogen) atoms. The quantitative estimate of drug-likeness (QED) is 0.845. The van der Waals surface area contributed by atoms with Crippen molar-refractivity contribution in [3.63, 3.8) is 0 Å². The fourth-order valence-electron chi connectivity index (χ4n) is 1.90. The maximum absolute atomic E-state index is 12.1. The molecule has 1 amide bonds. The molecule has 1 aromatic carbocycles. The average molecular weight is 374 g/mol. The van der Waals surface area contributed by atoms with E-state index in [1.165, 1.54) is 10.9 Å². The molecular formula is C15H17Cl2N3O2S. The smallest absolute Gasteiger partial charge is 0.254 e. The number of nitrogens with one attached hydrogen (secondary N) is 1. The standard InChI is InChI=1S/C15H17Cl2N3O2S/c1-10(23(2)22)5-6-18-15(21)11-8-19-20(9-11)14-4-3-12(16)7-13(14)17/h3-4,7-10H,5-6H2,1-2H3,(H,18,21)/t10-,23-/m0/s1. The number of benzene rings is 1. The second kappa shape index (κ2) is 7.95. The molecule has 0 bridgehead atoms. The monoisotopic (exact) mass is 373 g/mol. The summed E-state index contributed by atoms with van der Waals surface area (Å²) in [5.41, 5.74) is 1.08. The van der Waals surface area contributed by atoms with Gasteiger partial charge in [0.25, 0.3) is 5.91 Å². The zero-order valence-electron chi connectivity index (χ0n) is 12.8. The van der Waals surface area contributed by atoms with E-state index in [2.05, 4.69) is 10.4 Å². The molecule has 124 valence electrons. The molecule has 2 aromatic rings. The van der Waals surface area contributed by atoms with Gasteiger partial charge in [-0.1, -0.05) is 30.1 Å². The van der Waals surface area contributed by atoms with Crippen LogP contribution in [0.1, 0.15) is 23.7 Å². The number of aromatic nitrogens is 2. The van der Waals surface area contributed by atoms with Crippen molar-refractivity contribution >= 4 is 39.9 Å². The number of carbonyl (C=O) groups is 1. The van der Waals surface area contributed by atoms with Crippen LogP contribution in [0.4, 0.5) is 0 Å². The fourth-order valence-corrected chi connectivity index (χ4v) is 2.84. The Labute approximate surface area is 147 Å². The maximum Gasteiger partial charge on any atom is 0.254 e. The number of hydrogen-bond acceptors (Lipinski definition) is 3. The van der Waals surface area contributed by atoms with Crippen molar-refractivity contribution in [3.05, 3.63) is 46.2 Å². The van der Waals surface area contributed by atoms with E-state index in [0.29, 0.717) is 34.3 Å². The highest BCUT2D eigenvalue weighted by atomic mass is 35.5. The summed E-state index contributed by atoms with van der Waals surface area (Å²) in [6.45, 7) is 2.36. The number of amides is 1. The first-order valence-electron chi connectivity index (χ1n) is 6.99. The van der Waals surface area contributed by atoms with Crippen LogP contribution in [0.5, 0.6) is 0 Å². The summed E-state index contributed by atoms with van der Waals surface area (Å²) in [6, 6.07) is 5.06. The van der Waals surface area contributed by atoms with Crippen molar-refractivity contribution in [3.8, 4) is 5.69 Å². The maximum atomic E-state index is 12.1. The molecule has 0 saturated heterocycles. The Bertz CT molecular complexity index is 733. The molecule has 8 heteroatoms.